The van der Waals surface area contributed by atoms with E-state index in [1.165, 1.54) is 7.11 Å². The third kappa shape index (κ3) is 6.09. The van der Waals surface area contributed by atoms with E-state index in [1.807, 2.05) is 12.1 Å². The Morgan fingerprint density at radius 3 is 2.67 bits per heavy atom. The van der Waals surface area contributed by atoms with Gasteiger partial charge in [-0.1, -0.05) is 18.5 Å². The first-order chi connectivity index (χ1) is 10.1. The normalized spacial score (nSPS) is 12.2. The fraction of sp³-hybridized carbons (Fsp3) is 0.600. The van der Waals surface area contributed by atoms with Gasteiger partial charge in [0.05, 0.1) is 18.7 Å². The molecular weight excluding hydrogens is 294 g/mol. The van der Waals surface area contributed by atoms with Gasteiger partial charge in [-0.25, -0.2) is 0 Å². The summed E-state index contributed by atoms with van der Waals surface area (Å²) in [6.45, 7) is 4.08. The lowest BCUT2D eigenvalue weighted by Crippen LogP contribution is -2.23. The van der Waals surface area contributed by atoms with Crippen LogP contribution >= 0.6 is 11.6 Å². The Bertz CT molecular complexity index is 428. The minimum atomic E-state index is -0.707. The van der Waals surface area contributed by atoms with Crippen molar-refractivity contribution in [2.45, 2.75) is 26.0 Å². The monoisotopic (exact) mass is 317 g/mol. The molecule has 0 heterocycles. The summed E-state index contributed by atoms with van der Waals surface area (Å²) in [5.74, 6) is 0.994. The summed E-state index contributed by atoms with van der Waals surface area (Å²) in [7, 11) is 3.09. The van der Waals surface area contributed by atoms with E-state index >= 15 is 0 Å². The molecule has 1 aromatic rings. The molecule has 5 nitrogen and oxygen atoms in total. The fourth-order valence-corrected chi connectivity index (χ4v) is 2.13. The second-order valence-electron chi connectivity index (χ2n) is 4.71. The van der Waals surface area contributed by atoms with Crippen molar-refractivity contribution in [1.82, 2.24) is 5.32 Å². The number of halogens is 1. The Morgan fingerprint density at radius 1 is 1.29 bits per heavy atom. The van der Waals surface area contributed by atoms with Gasteiger partial charge in [-0.3, -0.25) is 0 Å². The van der Waals surface area contributed by atoms with Crippen molar-refractivity contribution in [2.75, 3.05) is 34.0 Å². The second kappa shape index (κ2) is 9.84. The first-order valence-electron chi connectivity index (χ1n) is 6.99. The largest absolute Gasteiger partial charge is 0.493 e. The molecule has 0 aliphatic carbocycles. The molecule has 0 aliphatic heterocycles. The molecule has 0 fully saturated rings. The van der Waals surface area contributed by atoms with E-state index in [2.05, 4.69) is 12.2 Å². The van der Waals surface area contributed by atoms with E-state index in [-0.39, 0.29) is 13.2 Å². The number of hydrogen-bond acceptors (Lipinski definition) is 5. The van der Waals surface area contributed by atoms with Crippen LogP contribution in [0.4, 0.5) is 0 Å². The van der Waals surface area contributed by atoms with Crippen LogP contribution in [-0.4, -0.2) is 45.2 Å². The molecule has 1 unspecified atom stereocenters. The van der Waals surface area contributed by atoms with Crippen molar-refractivity contribution in [1.29, 1.82) is 0 Å². The minimum Gasteiger partial charge on any atom is -0.493 e. The molecule has 0 aliphatic rings. The highest BCUT2D eigenvalue weighted by molar-refractivity contribution is 6.32. The van der Waals surface area contributed by atoms with Gasteiger partial charge in [-0.2, -0.15) is 0 Å². The molecule has 0 amide bonds. The Morgan fingerprint density at radius 2 is 2.05 bits per heavy atom. The molecule has 6 heteroatoms. The van der Waals surface area contributed by atoms with Gasteiger partial charge in [0, 0.05) is 13.7 Å². The maximum atomic E-state index is 9.62. The van der Waals surface area contributed by atoms with E-state index in [4.69, 9.17) is 25.8 Å². The summed E-state index contributed by atoms with van der Waals surface area (Å²) in [5.41, 5.74) is 1.02. The molecular formula is C15H24ClNO4. The van der Waals surface area contributed by atoms with Crippen molar-refractivity contribution < 1.29 is 19.3 Å². The van der Waals surface area contributed by atoms with Gasteiger partial charge in [-0.15, -0.1) is 0 Å². The predicted octanol–water partition coefficient (Wildman–Crippen LogP) is 2.23. The maximum absolute atomic E-state index is 9.62. The van der Waals surface area contributed by atoms with Crippen LogP contribution in [0.3, 0.4) is 0 Å². The van der Waals surface area contributed by atoms with Crippen LogP contribution in [0, 0.1) is 0 Å². The van der Waals surface area contributed by atoms with E-state index in [0.29, 0.717) is 16.5 Å². The summed E-state index contributed by atoms with van der Waals surface area (Å²) in [6.07, 6.45) is 0.366. The molecule has 0 aromatic heterocycles. The summed E-state index contributed by atoms with van der Waals surface area (Å²) in [4.78, 5) is 0. The molecule has 2 N–H and O–H groups in total. The van der Waals surface area contributed by atoms with Crippen LogP contribution < -0.4 is 14.8 Å². The number of hydrogen-bond donors (Lipinski definition) is 2. The summed E-state index contributed by atoms with van der Waals surface area (Å²) in [6, 6.07) is 3.72. The number of benzene rings is 1. The molecule has 0 spiro atoms. The topological polar surface area (TPSA) is 60.0 Å². The summed E-state index contributed by atoms with van der Waals surface area (Å²) < 4.78 is 15.7. The minimum absolute atomic E-state index is 0.0946. The molecule has 0 bridgehead atoms. The first kappa shape index (κ1) is 18.0. The highest BCUT2D eigenvalue weighted by atomic mass is 35.5. The molecule has 1 aromatic carbocycles. The van der Waals surface area contributed by atoms with E-state index in [1.54, 1.807) is 7.11 Å². The lowest BCUT2D eigenvalue weighted by Gasteiger charge is -2.16. The number of aliphatic hydroxyl groups is 1. The van der Waals surface area contributed by atoms with Crippen molar-refractivity contribution >= 4 is 11.6 Å². The maximum Gasteiger partial charge on any atom is 0.179 e. The number of nitrogens with one attached hydrogen (secondary N) is 1. The molecule has 120 valence electrons. The second-order valence-corrected chi connectivity index (χ2v) is 5.11. The van der Waals surface area contributed by atoms with Crippen LogP contribution in [0.15, 0.2) is 12.1 Å². The quantitative estimate of drug-likeness (QED) is 0.648. The molecule has 1 rings (SSSR count). The lowest BCUT2D eigenvalue weighted by atomic mass is 10.2. The summed E-state index contributed by atoms with van der Waals surface area (Å²) in [5, 5.41) is 13.4. The van der Waals surface area contributed by atoms with E-state index in [9.17, 15) is 5.11 Å². The molecule has 0 radical (unpaired) electrons. The highest BCUT2D eigenvalue weighted by Gasteiger charge is 2.14. The number of methoxy groups -OCH3 is 2. The molecule has 0 saturated heterocycles. The average molecular weight is 318 g/mol. The van der Waals surface area contributed by atoms with Gasteiger partial charge >= 0.3 is 0 Å². The zero-order chi connectivity index (χ0) is 15.7. The van der Waals surface area contributed by atoms with Crippen molar-refractivity contribution in [3.05, 3.63) is 22.7 Å². The zero-order valence-electron chi connectivity index (χ0n) is 12.8. The van der Waals surface area contributed by atoms with Gasteiger partial charge in [0.15, 0.2) is 11.5 Å². The first-order valence-corrected chi connectivity index (χ1v) is 7.37. The third-order valence-corrected chi connectivity index (χ3v) is 3.10. The van der Waals surface area contributed by atoms with Crippen molar-refractivity contribution in [3.8, 4) is 11.5 Å². The zero-order valence-corrected chi connectivity index (χ0v) is 13.6. The average Bonchev–Trinajstić information content (AvgIpc) is 2.46. The van der Waals surface area contributed by atoms with E-state index in [0.717, 1.165) is 25.1 Å². The number of aliphatic hydroxyl groups excluding tert-OH is 1. The predicted molar refractivity (Wildman–Crippen MR) is 83.4 cm³/mol. The van der Waals surface area contributed by atoms with E-state index < -0.39 is 6.10 Å². The lowest BCUT2D eigenvalue weighted by molar-refractivity contribution is 0.0319. The Balaban J connectivity index is 2.74. The van der Waals surface area contributed by atoms with Gasteiger partial charge in [0.25, 0.3) is 0 Å². The SMILES string of the molecule is CCCNCc1cc(Cl)c(OCC(O)COC)c(OC)c1. The smallest absolute Gasteiger partial charge is 0.179 e. The highest BCUT2D eigenvalue weighted by Crippen LogP contribution is 2.36. The third-order valence-electron chi connectivity index (χ3n) is 2.82. The van der Waals surface area contributed by atoms with Crippen molar-refractivity contribution in [3.63, 3.8) is 0 Å². The van der Waals surface area contributed by atoms with Gasteiger partial charge in [0.1, 0.15) is 12.7 Å². The molecule has 1 atom stereocenters. The Hall–Kier alpha value is -1.01. The van der Waals surface area contributed by atoms with Gasteiger partial charge < -0.3 is 24.6 Å². The number of ether oxygens (including phenoxy) is 3. The number of rotatable bonds is 10. The van der Waals surface area contributed by atoms with Gasteiger partial charge in [0.2, 0.25) is 0 Å². The van der Waals surface area contributed by atoms with Crippen LogP contribution in [0.5, 0.6) is 11.5 Å². The van der Waals surface area contributed by atoms with Crippen LogP contribution in [0.25, 0.3) is 0 Å². The summed E-state index contributed by atoms with van der Waals surface area (Å²) >= 11 is 6.24. The Labute approximate surface area is 131 Å². The van der Waals surface area contributed by atoms with Crippen LogP contribution in [0.1, 0.15) is 18.9 Å². The molecule has 21 heavy (non-hydrogen) atoms. The standard InChI is InChI=1S/C15H24ClNO4/c1-4-5-17-8-11-6-13(16)15(14(7-11)20-3)21-10-12(18)9-19-2/h6-7,12,17-18H,4-5,8-10H2,1-3H3. The van der Waals surface area contributed by atoms with Crippen LogP contribution in [0.2, 0.25) is 5.02 Å². The van der Waals surface area contributed by atoms with Gasteiger partial charge in [-0.05, 0) is 30.7 Å². The van der Waals surface area contributed by atoms with Crippen LogP contribution in [-0.2, 0) is 11.3 Å². The Kier molecular flexibility index (Phi) is 8.45. The fourth-order valence-electron chi connectivity index (χ4n) is 1.84. The van der Waals surface area contributed by atoms with Crippen molar-refractivity contribution in [2.24, 2.45) is 0 Å². The molecule has 0 saturated carbocycles.